The van der Waals surface area contributed by atoms with Gasteiger partial charge in [-0.25, -0.2) is 4.99 Å². The van der Waals surface area contributed by atoms with Gasteiger partial charge in [-0.15, -0.1) is 10.2 Å². The maximum atomic E-state index is 4.61. The molecule has 1 aliphatic carbocycles. The predicted octanol–water partition coefficient (Wildman–Crippen LogP) is 3.19. The summed E-state index contributed by atoms with van der Waals surface area (Å²) in [4.78, 5) is 4.61. The highest BCUT2D eigenvalue weighted by Crippen LogP contribution is 2.37. The molecule has 0 radical (unpaired) electrons. The van der Waals surface area contributed by atoms with Gasteiger partial charge < -0.3 is 0 Å². The Bertz CT molecular complexity index is 713. The minimum absolute atomic E-state index is 0.590. The van der Waals surface area contributed by atoms with E-state index in [-0.39, 0.29) is 0 Å². The molecule has 0 unspecified atom stereocenters. The molecule has 4 nitrogen and oxygen atoms in total. The van der Waals surface area contributed by atoms with Gasteiger partial charge in [0.15, 0.2) is 0 Å². The smallest absolute Gasteiger partial charge is 0.251 e. The molecule has 0 amide bonds. The van der Waals surface area contributed by atoms with Gasteiger partial charge in [0.1, 0.15) is 5.82 Å². The van der Waals surface area contributed by atoms with Gasteiger partial charge in [-0.1, -0.05) is 44.3 Å². The van der Waals surface area contributed by atoms with Crippen molar-refractivity contribution in [3.8, 4) is 0 Å². The van der Waals surface area contributed by atoms with Crippen LogP contribution in [0.3, 0.4) is 0 Å². The summed E-state index contributed by atoms with van der Waals surface area (Å²) < 4.78 is 1.90. The van der Waals surface area contributed by atoms with Gasteiger partial charge in [0.25, 0.3) is 5.95 Å². The second kappa shape index (κ2) is 4.56. The zero-order valence-electron chi connectivity index (χ0n) is 11.7. The number of allylic oxidation sites excluding steroid dienone is 2. The van der Waals surface area contributed by atoms with Crippen LogP contribution in [0.1, 0.15) is 23.9 Å². The summed E-state index contributed by atoms with van der Waals surface area (Å²) in [6.07, 6.45) is 0.830. The van der Waals surface area contributed by atoms with Gasteiger partial charge in [0.05, 0.1) is 5.71 Å². The molecule has 0 spiro atoms. The first-order chi connectivity index (χ1) is 9.63. The van der Waals surface area contributed by atoms with Gasteiger partial charge in [-0.05, 0) is 11.1 Å². The van der Waals surface area contributed by atoms with Crippen LogP contribution in [0.25, 0.3) is 11.1 Å². The van der Waals surface area contributed by atoms with Crippen molar-refractivity contribution < 1.29 is 0 Å². The van der Waals surface area contributed by atoms with Crippen molar-refractivity contribution in [1.82, 2.24) is 14.8 Å². The number of hydrogen-bond donors (Lipinski definition) is 0. The van der Waals surface area contributed by atoms with Crippen molar-refractivity contribution in [2.24, 2.45) is 12.0 Å². The Balaban J connectivity index is 2.08. The number of aryl methyl sites for hydroxylation is 1. The standard InChI is InChI=1S/C16H16N4/c1-5-14-18-19-16(20(14)4)17-15-10(2)12-8-6-7-9-13(12)11(15)3/h6-9H,2-3,5H2,1,4H3. The van der Waals surface area contributed by atoms with Crippen LogP contribution in [0.2, 0.25) is 0 Å². The molecule has 0 saturated carbocycles. The second-order valence-electron chi connectivity index (χ2n) is 4.79. The molecule has 0 atom stereocenters. The lowest BCUT2D eigenvalue weighted by atomic mass is 10.1. The summed E-state index contributed by atoms with van der Waals surface area (Å²) in [5, 5.41) is 8.25. The molecular formula is C16H16N4. The fraction of sp³-hybridized carbons (Fsp3) is 0.188. The molecular weight excluding hydrogens is 248 g/mol. The van der Waals surface area contributed by atoms with E-state index in [1.807, 2.05) is 42.8 Å². The fourth-order valence-electron chi connectivity index (χ4n) is 2.44. The molecule has 1 aromatic heterocycles. The highest BCUT2D eigenvalue weighted by molar-refractivity contribution is 6.49. The van der Waals surface area contributed by atoms with E-state index >= 15 is 0 Å². The van der Waals surface area contributed by atoms with Gasteiger partial charge in [0.2, 0.25) is 0 Å². The summed E-state index contributed by atoms with van der Waals surface area (Å²) >= 11 is 0. The Morgan fingerprint density at radius 3 is 2.20 bits per heavy atom. The Morgan fingerprint density at radius 2 is 1.70 bits per heavy atom. The molecule has 2 aromatic rings. The van der Waals surface area contributed by atoms with Crippen molar-refractivity contribution in [1.29, 1.82) is 0 Å². The number of aliphatic imine (C=N–C) groups is 1. The summed E-state index contributed by atoms with van der Waals surface area (Å²) in [6, 6.07) is 8.08. The lowest BCUT2D eigenvalue weighted by Crippen LogP contribution is -1.98. The lowest BCUT2D eigenvalue weighted by Gasteiger charge is -2.01. The van der Waals surface area contributed by atoms with Crippen LogP contribution < -0.4 is 0 Å². The average Bonchev–Trinajstić information content (AvgIpc) is 2.94. The van der Waals surface area contributed by atoms with Crippen molar-refractivity contribution in [2.45, 2.75) is 13.3 Å². The summed E-state index contributed by atoms with van der Waals surface area (Å²) in [5.74, 6) is 1.50. The number of nitrogens with zero attached hydrogens (tertiary/aromatic N) is 4. The molecule has 1 aliphatic rings. The molecule has 0 fully saturated rings. The second-order valence-corrected chi connectivity index (χ2v) is 4.79. The monoisotopic (exact) mass is 264 g/mol. The fourth-order valence-corrected chi connectivity index (χ4v) is 2.44. The van der Waals surface area contributed by atoms with Crippen LogP contribution in [-0.4, -0.2) is 20.5 Å². The van der Waals surface area contributed by atoms with Crippen molar-refractivity contribution in [3.05, 3.63) is 54.4 Å². The Morgan fingerprint density at radius 1 is 1.10 bits per heavy atom. The third kappa shape index (κ3) is 1.72. The summed E-state index contributed by atoms with van der Waals surface area (Å²) in [5.41, 5.74) is 4.77. The molecule has 4 heteroatoms. The van der Waals surface area contributed by atoms with E-state index < -0.39 is 0 Å². The van der Waals surface area contributed by atoms with Crippen molar-refractivity contribution in [2.75, 3.05) is 0 Å². The van der Waals surface area contributed by atoms with E-state index in [0.29, 0.717) is 5.95 Å². The molecule has 3 rings (SSSR count). The van der Waals surface area contributed by atoms with Crippen molar-refractivity contribution in [3.63, 3.8) is 0 Å². The molecule has 0 bridgehead atoms. The quantitative estimate of drug-likeness (QED) is 0.836. The van der Waals surface area contributed by atoms with E-state index in [9.17, 15) is 0 Å². The van der Waals surface area contributed by atoms with Crippen LogP contribution in [-0.2, 0) is 13.5 Å². The van der Waals surface area contributed by atoms with Crippen molar-refractivity contribution >= 4 is 22.8 Å². The predicted molar refractivity (Wildman–Crippen MR) is 82.0 cm³/mol. The summed E-state index contributed by atoms with van der Waals surface area (Å²) in [7, 11) is 1.92. The van der Waals surface area contributed by atoms with Crippen LogP contribution in [0.5, 0.6) is 0 Å². The maximum Gasteiger partial charge on any atom is 0.251 e. The van der Waals surface area contributed by atoms with E-state index in [1.165, 1.54) is 0 Å². The topological polar surface area (TPSA) is 43.1 Å². The Labute approximate surface area is 118 Å². The largest absolute Gasteiger partial charge is 0.299 e. The number of fused-ring (bicyclic) bond motifs is 1. The molecule has 0 saturated heterocycles. The first-order valence-corrected chi connectivity index (χ1v) is 6.58. The van der Waals surface area contributed by atoms with Gasteiger partial charge in [-0.2, -0.15) is 0 Å². The molecule has 0 N–H and O–H groups in total. The Hall–Kier alpha value is -2.49. The zero-order valence-corrected chi connectivity index (χ0v) is 11.7. The van der Waals surface area contributed by atoms with Gasteiger partial charge in [-0.3, -0.25) is 4.57 Å². The number of aromatic nitrogens is 3. The Kier molecular flexibility index (Phi) is 2.86. The van der Waals surface area contributed by atoms with E-state index in [2.05, 4.69) is 28.3 Å². The number of hydrogen-bond acceptors (Lipinski definition) is 3. The van der Waals surface area contributed by atoms with Gasteiger partial charge >= 0.3 is 0 Å². The summed E-state index contributed by atoms with van der Waals surface area (Å²) in [6.45, 7) is 10.3. The molecule has 1 aromatic carbocycles. The highest BCUT2D eigenvalue weighted by atomic mass is 15.3. The molecule has 0 aliphatic heterocycles. The van der Waals surface area contributed by atoms with Crippen LogP contribution in [0.4, 0.5) is 5.95 Å². The van der Waals surface area contributed by atoms with Gasteiger partial charge in [0, 0.05) is 24.6 Å². The third-order valence-corrected chi connectivity index (χ3v) is 3.62. The molecule has 100 valence electrons. The van der Waals surface area contributed by atoms with E-state index in [1.54, 1.807) is 0 Å². The van der Waals surface area contributed by atoms with Crippen LogP contribution >= 0.6 is 0 Å². The molecule has 1 heterocycles. The first-order valence-electron chi connectivity index (χ1n) is 6.58. The molecule has 20 heavy (non-hydrogen) atoms. The minimum atomic E-state index is 0.590. The normalized spacial score (nSPS) is 13.8. The first kappa shape index (κ1) is 12.5. The van der Waals surface area contributed by atoms with Crippen LogP contribution in [0, 0.1) is 0 Å². The zero-order chi connectivity index (χ0) is 14.3. The van der Waals surface area contributed by atoms with E-state index in [0.717, 1.165) is 40.2 Å². The highest BCUT2D eigenvalue weighted by Gasteiger charge is 2.25. The number of rotatable bonds is 2. The minimum Gasteiger partial charge on any atom is -0.299 e. The average molecular weight is 264 g/mol. The third-order valence-electron chi connectivity index (χ3n) is 3.62. The van der Waals surface area contributed by atoms with Crippen LogP contribution in [0.15, 0.2) is 42.4 Å². The number of benzene rings is 1. The maximum absolute atomic E-state index is 4.61. The SMILES string of the molecule is C=C1C(=Nc2nnc(CC)n2C)C(=C)c2ccccc21. The van der Waals surface area contributed by atoms with E-state index in [4.69, 9.17) is 0 Å². The lowest BCUT2D eigenvalue weighted by molar-refractivity contribution is 0.808.